The Morgan fingerprint density at radius 3 is 2.53 bits per heavy atom. The highest BCUT2D eigenvalue weighted by Gasteiger charge is 2.42. The van der Waals surface area contributed by atoms with Crippen LogP contribution in [0, 0.1) is 18.8 Å². The second-order valence-electron chi connectivity index (χ2n) is 10.9. The molecule has 2 aromatic rings. The maximum atomic E-state index is 13.8. The van der Waals surface area contributed by atoms with Gasteiger partial charge in [0.25, 0.3) is 5.91 Å². The lowest BCUT2D eigenvalue weighted by molar-refractivity contribution is -0.123. The number of carbonyl (C=O) groups is 2. The van der Waals surface area contributed by atoms with Gasteiger partial charge in [-0.15, -0.1) is 0 Å². The quantitative estimate of drug-likeness (QED) is 0.543. The molecule has 3 atom stereocenters. The Morgan fingerprint density at radius 2 is 1.86 bits per heavy atom. The van der Waals surface area contributed by atoms with Gasteiger partial charge in [0.1, 0.15) is 5.76 Å². The third-order valence-corrected chi connectivity index (χ3v) is 7.43. The Hall–Kier alpha value is -3.34. The van der Waals surface area contributed by atoms with Crippen molar-refractivity contribution in [3.05, 3.63) is 89.2 Å². The normalized spacial score (nSPS) is 22.1. The standard InChI is InChI=1S/C31H38N2O3/c1-21-10-6-7-13-26(21)30(35)33-19-9-14-27(28(33)22-15-17-25(36-5)18-16-22)29(34)32-24-12-8-11-23(20-24)31(2,3)4/h6-8,10-13,15,17-18,20,22,27-28H,9,14,16,19H2,1-5H3,(H,32,34)/t22?,27?,28-/m0/s1. The number of nitrogens with zero attached hydrogens (tertiary/aromatic N) is 1. The first-order chi connectivity index (χ1) is 17.2. The number of ether oxygens (including phenoxy) is 1. The minimum Gasteiger partial charge on any atom is -0.497 e. The van der Waals surface area contributed by atoms with E-state index in [9.17, 15) is 9.59 Å². The van der Waals surface area contributed by atoms with Gasteiger partial charge in [0, 0.05) is 23.7 Å². The number of hydrogen-bond donors (Lipinski definition) is 1. The first-order valence-electron chi connectivity index (χ1n) is 12.9. The van der Waals surface area contributed by atoms with Crippen molar-refractivity contribution < 1.29 is 14.3 Å². The van der Waals surface area contributed by atoms with E-state index in [-0.39, 0.29) is 35.1 Å². The summed E-state index contributed by atoms with van der Waals surface area (Å²) < 4.78 is 5.39. The lowest BCUT2D eigenvalue weighted by Crippen LogP contribution is -2.55. The van der Waals surface area contributed by atoms with E-state index in [1.165, 1.54) is 5.56 Å². The van der Waals surface area contributed by atoms with E-state index >= 15 is 0 Å². The fourth-order valence-electron chi connectivity index (χ4n) is 5.36. The average molecular weight is 487 g/mol. The highest BCUT2D eigenvalue weighted by Crippen LogP contribution is 2.36. The molecular formula is C31H38N2O3. The van der Waals surface area contributed by atoms with Gasteiger partial charge < -0.3 is 15.0 Å². The number of nitrogens with one attached hydrogen (secondary N) is 1. The van der Waals surface area contributed by atoms with Gasteiger partial charge in [-0.05, 0) is 73.1 Å². The summed E-state index contributed by atoms with van der Waals surface area (Å²) in [6, 6.07) is 15.5. The summed E-state index contributed by atoms with van der Waals surface area (Å²) in [6.45, 7) is 9.10. The summed E-state index contributed by atoms with van der Waals surface area (Å²) in [5.74, 6) is 0.522. The van der Waals surface area contributed by atoms with Crippen LogP contribution in [0.5, 0.6) is 0 Å². The van der Waals surface area contributed by atoms with E-state index in [0.29, 0.717) is 12.1 Å². The minimum absolute atomic E-state index is 0.000230. The van der Waals surface area contributed by atoms with Crippen LogP contribution in [0.2, 0.25) is 0 Å². The van der Waals surface area contributed by atoms with Crippen molar-refractivity contribution in [3.63, 3.8) is 0 Å². The molecule has 0 saturated carbocycles. The Kier molecular flexibility index (Phi) is 7.67. The molecule has 2 aromatic carbocycles. The van der Waals surface area contributed by atoms with Gasteiger partial charge >= 0.3 is 0 Å². The number of aryl methyl sites for hydroxylation is 1. The number of rotatable bonds is 5. The topological polar surface area (TPSA) is 58.6 Å². The molecule has 1 heterocycles. The minimum atomic E-state index is -0.308. The lowest BCUT2D eigenvalue weighted by Gasteiger charge is -2.44. The van der Waals surface area contributed by atoms with Crippen molar-refractivity contribution in [2.45, 2.75) is 58.4 Å². The molecule has 1 aliphatic carbocycles. The summed E-state index contributed by atoms with van der Waals surface area (Å²) >= 11 is 0. The zero-order chi connectivity index (χ0) is 25.9. The molecule has 190 valence electrons. The van der Waals surface area contributed by atoms with Crippen LogP contribution in [0.25, 0.3) is 0 Å². The monoisotopic (exact) mass is 486 g/mol. The number of allylic oxidation sites excluding steroid dienone is 2. The molecular weight excluding hydrogens is 448 g/mol. The number of hydrogen-bond acceptors (Lipinski definition) is 3. The maximum Gasteiger partial charge on any atom is 0.254 e. The van der Waals surface area contributed by atoms with Crippen LogP contribution in [0.3, 0.4) is 0 Å². The lowest BCUT2D eigenvalue weighted by atomic mass is 9.77. The molecule has 5 nitrogen and oxygen atoms in total. The predicted molar refractivity (Wildman–Crippen MR) is 145 cm³/mol. The zero-order valence-corrected chi connectivity index (χ0v) is 22.1. The van der Waals surface area contributed by atoms with Gasteiger partial charge in [0.2, 0.25) is 5.91 Å². The number of methoxy groups -OCH3 is 1. The summed E-state index contributed by atoms with van der Waals surface area (Å²) in [5, 5.41) is 3.18. The SMILES string of the molecule is COC1=CCC([C@H]2C(C(=O)Nc3cccc(C(C)(C)C)c3)CCCN2C(=O)c2ccccc2C)C=C1. The van der Waals surface area contributed by atoms with Crippen LogP contribution in [0.15, 0.2) is 72.5 Å². The molecule has 5 heteroatoms. The third kappa shape index (κ3) is 5.56. The third-order valence-electron chi connectivity index (χ3n) is 7.43. The molecule has 1 fully saturated rings. The molecule has 2 amide bonds. The first kappa shape index (κ1) is 25.7. The summed E-state index contributed by atoms with van der Waals surface area (Å²) in [4.78, 5) is 29.5. The van der Waals surface area contributed by atoms with Gasteiger partial charge in [-0.3, -0.25) is 9.59 Å². The summed E-state index contributed by atoms with van der Waals surface area (Å²) in [5.41, 5.74) is 3.61. The van der Waals surface area contributed by atoms with Gasteiger partial charge in [-0.1, -0.05) is 57.2 Å². The predicted octanol–water partition coefficient (Wildman–Crippen LogP) is 6.26. The molecule has 0 spiro atoms. The van der Waals surface area contributed by atoms with Crippen molar-refractivity contribution in [1.82, 2.24) is 4.90 Å². The molecule has 1 N–H and O–H groups in total. The number of piperidine rings is 1. The van der Waals surface area contributed by atoms with Crippen LogP contribution in [0.1, 0.15) is 61.5 Å². The highest BCUT2D eigenvalue weighted by atomic mass is 16.5. The summed E-state index contributed by atoms with van der Waals surface area (Å²) in [6.07, 6.45) is 8.39. The molecule has 0 aromatic heterocycles. The van der Waals surface area contributed by atoms with Crippen molar-refractivity contribution >= 4 is 17.5 Å². The number of benzene rings is 2. The Balaban J connectivity index is 1.64. The highest BCUT2D eigenvalue weighted by molar-refractivity contribution is 5.98. The number of amides is 2. The van der Waals surface area contributed by atoms with Gasteiger partial charge in [0.05, 0.1) is 19.1 Å². The molecule has 4 rings (SSSR count). The fraction of sp³-hybridized carbons (Fsp3) is 0.419. The molecule has 36 heavy (non-hydrogen) atoms. The Morgan fingerprint density at radius 1 is 1.08 bits per heavy atom. The van der Waals surface area contributed by atoms with E-state index in [2.05, 4.69) is 50.4 Å². The van der Waals surface area contributed by atoms with Crippen LogP contribution < -0.4 is 5.32 Å². The van der Waals surface area contributed by atoms with E-state index in [1.807, 2.05) is 54.3 Å². The van der Waals surface area contributed by atoms with Gasteiger partial charge in [0.15, 0.2) is 0 Å². The van der Waals surface area contributed by atoms with Crippen LogP contribution in [-0.2, 0) is 14.9 Å². The Bertz CT molecular complexity index is 1170. The van der Waals surface area contributed by atoms with Crippen molar-refractivity contribution in [3.8, 4) is 0 Å². The van der Waals surface area contributed by atoms with Crippen LogP contribution in [0.4, 0.5) is 5.69 Å². The Labute approximate surface area is 215 Å². The number of likely N-dealkylation sites (tertiary alicyclic amines) is 1. The van der Waals surface area contributed by atoms with Gasteiger partial charge in [-0.2, -0.15) is 0 Å². The van der Waals surface area contributed by atoms with E-state index < -0.39 is 0 Å². The van der Waals surface area contributed by atoms with Crippen molar-refractivity contribution in [2.75, 3.05) is 19.0 Å². The smallest absolute Gasteiger partial charge is 0.254 e. The van der Waals surface area contributed by atoms with Crippen molar-refractivity contribution in [1.29, 1.82) is 0 Å². The number of carbonyl (C=O) groups excluding carboxylic acids is 2. The number of anilines is 1. The second kappa shape index (κ2) is 10.7. The van der Waals surface area contributed by atoms with Crippen LogP contribution in [-0.4, -0.2) is 36.4 Å². The second-order valence-corrected chi connectivity index (χ2v) is 10.9. The maximum absolute atomic E-state index is 13.8. The van der Waals surface area contributed by atoms with E-state index in [4.69, 9.17) is 4.74 Å². The van der Waals surface area contributed by atoms with Crippen LogP contribution >= 0.6 is 0 Å². The summed E-state index contributed by atoms with van der Waals surface area (Å²) in [7, 11) is 1.66. The molecule has 0 radical (unpaired) electrons. The van der Waals surface area contributed by atoms with E-state index in [1.54, 1.807) is 7.11 Å². The largest absolute Gasteiger partial charge is 0.497 e. The molecule has 1 saturated heterocycles. The van der Waals surface area contributed by atoms with Gasteiger partial charge in [-0.25, -0.2) is 0 Å². The average Bonchev–Trinajstić information content (AvgIpc) is 2.88. The van der Waals surface area contributed by atoms with E-state index in [0.717, 1.165) is 36.3 Å². The first-order valence-corrected chi connectivity index (χ1v) is 12.9. The fourth-order valence-corrected chi connectivity index (χ4v) is 5.36. The molecule has 2 unspecified atom stereocenters. The van der Waals surface area contributed by atoms with Crippen molar-refractivity contribution in [2.24, 2.45) is 11.8 Å². The molecule has 0 bridgehead atoms. The molecule has 1 aliphatic heterocycles. The molecule has 2 aliphatic rings. The zero-order valence-electron chi connectivity index (χ0n) is 22.1.